The first kappa shape index (κ1) is 10.6. The molecule has 0 saturated heterocycles. The topological polar surface area (TPSA) is 43.1 Å². The van der Waals surface area contributed by atoms with Crippen molar-refractivity contribution < 1.29 is 4.79 Å². The lowest BCUT2D eigenvalue weighted by molar-refractivity contribution is 0.0999. The smallest absolute Gasteiger partial charge is 0.249 e. The first-order chi connectivity index (χ1) is 5.93. The Morgan fingerprint density at radius 1 is 1.23 bits per heavy atom. The highest BCUT2D eigenvalue weighted by molar-refractivity contribution is 6.67. The van der Waals surface area contributed by atoms with E-state index in [-0.39, 0.29) is 5.56 Å². The Hall–Kier alpha value is -0.440. The molecule has 0 radical (unpaired) electrons. The third kappa shape index (κ3) is 2.50. The number of primary amides is 1. The molecule has 1 amide bonds. The van der Waals surface area contributed by atoms with E-state index in [0.717, 1.165) is 0 Å². The van der Waals surface area contributed by atoms with Crippen LogP contribution in [0.15, 0.2) is 24.3 Å². The molecule has 0 aliphatic rings. The number of alkyl halides is 3. The Balaban J connectivity index is 3.28. The highest BCUT2D eigenvalue weighted by Gasteiger charge is 2.27. The maximum atomic E-state index is 10.9. The highest BCUT2D eigenvalue weighted by Crippen LogP contribution is 2.39. The van der Waals surface area contributed by atoms with Crippen molar-refractivity contribution >= 4 is 40.7 Å². The number of hydrogen-bond donors (Lipinski definition) is 1. The van der Waals surface area contributed by atoms with Gasteiger partial charge in [-0.3, -0.25) is 4.79 Å². The van der Waals surface area contributed by atoms with Crippen LogP contribution >= 0.6 is 34.8 Å². The molecule has 0 spiro atoms. The lowest BCUT2D eigenvalue weighted by atomic mass is 10.1. The minimum Gasteiger partial charge on any atom is -0.366 e. The minimum absolute atomic E-state index is 0.225. The number of hydrogen-bond acceptors (Lipinski definition) is 1. The van der Waals surface area contributed by atoms with Gasteiger partial charge < -0.3 is 5.73 Å². The quantitative estimate of drug-likeness (QED) is 0.751. The number of rotatable bonds is 1. The maximum absolute atomic E-state index is 10.9. The number of carbonyl (C=O) groups is 1. The van der Waals surface area contributed by atoms with Gasteiger partial charge in [0.15, 0.2) is 0 Å². The molecule has 0 unspecified atom stereocenters. The summed E-state index contributed by atoms with van der Waals surface area (Å²) in [7, 11) is 0. The van der Waals surface area contributed by atoms with Crippen molar-refractivity contribution in [1.82, 2.24) is 0 Å². The van der Waals surface area contributed by atoms with Gasteiger partial charge in [-0.15, -0.1) is 0 Å². The maximum Gasteiger partial charge on any atom is 0.249 e. The van der Waals surface area contributed by atoms with Crippen LogP contribution in [0.4, 0.5) is 0 Å². The fourth-order valence-corrected chi connectivity index (χ4v) is 1.44. The third-order valence-corrected chi connectivity index (χ3v) is 2.11. The summed E-state index contributed by atoms with van der Waals surface area (Å²) >= 11 is 16.9. The number of nitrogens with two attached hydrogens (primary N) is 1. The molecular weight excluding hydrogens is 232 g/mol. The van der Waals surface area contributed by atoms with Gasteiger partial charge in [0, 0.05) is 11.1 Å². The summed E-state index contributed by atoms with van der Waals surface area (Å²) < 4.78 is -1.62. The normalized spacial score (nSPS) is 11.3. The molecule has 2 N–H and O–H groups in total. The fourth-order valence-electron chi connectivity index (χ4n) is 0.945. The van der Waals surface area contributed by atoms with Crippen molar-refractivity contribution in [2.75, 3.05) is 0 Å². The minimum atomic E-state index is -1.62. The van der Waals surface area contributed by atoms with Crippen molar-refractivity contribution in [2.45, 2.75) is 3.79 Å². The molecule has 0 saturated carbocycles. The summed E-state index contributed by atoms with van der Waals surface area (Å²) in [6.45, 7) is 0. The molecule has 1 aromatic rings. The highest BCUT2D eigenvalue weighted by atomic mass is 35.6. The molecule has 5 heteroatoms. The van der Waals surface area contributed by atoms with E-state index < -0.39 is 9.70 Å². The van der Waals surface area contributed by atoms with Gasteiger partial charge >= 0.3 is 0 Å². The van der Waals surface area contributed by atoms with Crippen LogP contribution in [0.5, 0.6) is 0 Å². The second kappa shape index (κ2) is 3.74. The van der Waals surface area contributed by atoms with Gasteiger partial charge in [-0.2, -0.15) is 0 Å². The van der Waals surface area contributed by atoms with Crippen molar-refractivity contribution in [2.24, 2.45) is 5.73 Å². The first-order valence-electron chi connectivity index (χ1n) is 3.39. The van der Waals surface area contributed by atoms with Gasteiger partial charge in [-0.1, -0.05) is 53.0 Å². The van der Waals surface area contributed by atoms with Gasteiger partial charge in [-0.05, 0) is 6.07 Å². The third-order valence-electron chi connectivity index (χ3n) is 1.50. The number of carbonyl (C=O) groups excluding carboxylic acids is 1. The average Bonchev–Trinajstić information content (AvgIpc) is 2.03. The van der Waals surface area contributed by atoms with Gasteiger partial charge in [0.25, 0.3) is 0 Å². The summed E-state index contributed by atoms with van der Waals surface area (Å²) in [5, 5.41) is 0. The van der Waals surface area contributed by atoms with Crippen molar-refractivity contribution in [1.29, 1.82) is 0 Å². The zero-order chi connectivity index (χ0) is 10.1. The van der Waals surface area contributed by atoms with Crippen LogP contribution < -0.4 is 5.73 Å². The van der Waals surface area contributed by atoms with Crippen LogP contribution in [0.2, 0.25) is 0 Å². The van der Waals surface area contributed by atoms with Crippen LogP contribution in [-0.2, 0) is 3.79 Å². The predicted octanol–water partition coefficient (Wildman–Crippen LogP) is 2.61. The first-order valence-corrected chi connectivity index (χ1v) is 4.52. The molecule has 0 aromatic heterocycles. The van der Waals surface area contributed by atoms with Gasteiger partial charge in [0.2, 0.25) is 9.70 Å². The van der Waals surface area contributed by atoms with Gasteiger partial charge in [0.1, 0.15) is 0 Å². The molecule has 70 valence electrons. The lowest BCUT2D eigenvalue weighted by Gasteiger charge is -2.13. The standard InChI is InChI=1S/C8H6Cl3NO/c9-8(10,11)6-4-2-1-3-5(6)7(12)13/h1-4H,(H2,12,13). The molecule has 0 fully saturated rings. The second-order valence-electron chi connectivity index (χ2n) is 2.41. The lowest BCUT2D eigenvalue weighted by Crippen LogP contribution is -2.16. The fraction of sp³-hybridized carbons (Fsp3) is 0.125. The van der Waals surface area contributed by atoms with Crippen LogP contribution in [0.25, 0.3) is 0 Å². The average molecular weight is 239 g/mol. The monoisotopic (exact) mass is 237 g/mol. The Labute approximate surface area is 90.6 Å². The summed E-state index contributed by atoms with van der Waals surface area (Å²) in [4.78, 5) is 10.9. The number of benzene rings is 1. The van der Waals surface area contributed by atoms with E-state index in [4.69, 9.17) is 40.5 Å². The molecule has 0 aliphatic carbocycles. The number of halogens is 3. The zero-order valence-corrected chi connectivity index (χ0v) is 8.70. The molecular formula is C8H6Cl3NO. The van der Waals surface area contributed by atoms with E-state index in [1.54, 1.807) is 18.2 Å². The van der Waals surface area contributed by atoms with Crippen molar-refractivity contribution in [3.05, 3.63) is 35.4 Å². The summed E-state index contributed by atoms with van der Waals surface area (Å²) in [5.74, 6) is -0.609. The van der Waals surface area contributed by atoms with Gasteiger partial charge in [0.05, 0.1) is 0 Å². The van der Waals surface area contributed by atoms with Gasteiger partial charge in [-0.25, -0.2) is 0 Å². The van der Waals surface area contributed by atoms with E-state index >= 15 is 0 Å². The SMILES string of the molecule is NC(=O)c1ccccc1C(Cl)(Cl)Cl. The Morgan fingerprint density at radius 2 is 1.77 bits per heavy atom. The largest absolute Gasteiger partial charge is 0.366 e. The molecule has 13 heavy (non-hydrogen) atoms. The Kier molecular flexibility index (Phi) is 3.06. The Morgan fingerprint density at radius 3 is 2.15 bits per heavy atom. The van der Waals surface area contributed by atoms with Crippen LogP contribution in [0.1, 0.15) is 15.9 Å². The molecule has 2 nitrogen and oxygen atoms in total. The van der Waals surface area contributed by atoms with Crippen LogP contribution in [-0.4, -0.2) is 5.91 Å². The van der Waals surface area contributed by atoms with Crippen LogP contribution in [0.3, 0.4) is 0 Å². The summed E-state index contributed by atoms with van der Waals surface area (Å²) in [6, 6.07) is 6.39. The van der Waals surface area contributed by atoms with Crippen molar-refractivity contribution in [3.63, 3.8) is 0 Å². The molecule has 1 rings (SSSR count). The molecule has 1 aromatic carbocycles. The number of amides is 1. The predicted molar refractivity (Wildman–Crippen MR) is 54.2 cm³/mol. The molecule has 0 bridgehead atoms. The van der Waals surface area contributed by atoms with E-state index in [1.807, 2.05) is 0 Å². The molecule has 0 atom stereocenters. The van der Waals surface area contributed by atoms with E-state index in [2.05, 4.69) is 0 Å². The van der Waals surface area contributed by atoms with E-state index in [1.165, 1.54) is 6.07 Å². The van der Waals surface area contributed by atoms with Crippen molar-refractivity contribution in [3.8, 4) is 0 Å². The van der Waals surface area contributed by atoms with E-state index in [9.17, 15) is 4.79 Å². The summed E-state index contributed by atoms with van der Waals surface area (Å²) in [5.41, 5.74) is 5.62. The molecule has 0 aliphatic heterocycles. The zero-order valence-electron chi connectivity index (χ0n) is 6.43. The molecule has 0 heterocycles. The van der Waals surface area contributed by atoms with E-state index in [0.29, 0.717) is 5.56 Å². The second-order valence-corrected chi connectivity index (χ2v) is 4.69. The summed E-state index contributed by atoms with van der Waals surface area (Å²) in [6.07, 6.45) is 0. The van der Waals surface area contributed by atoms with Crippen LogP contribution in [0, 0.1) is 0 Å². The Bertz CT molecular complexity index is 332.